The quantitative estimate of drug-likeness (QED) is 0.475. The standard InChI is InChI=1S/C28H35N3O4S/c1-21(27(33)29-28(2,3)4)31(18-17-22-11-7-6-8-12-22)26(32)20-30(5)36(34,35)25-16-15-23-13-9-10-14-24(23)19-25/h6-16,19,21H,17-18,20H2,1-5H3,(H,29,33). The molecule has 7 nitrogen and oxygen atoms in total. The SMILES string of the molecule is CC(C(=O)NC(C)(C)C)N(CCc1ccccc1)C(=O)CN(C)S(=O)(=O)c1ccc2ccccc2c1. The third kappa shape index (κ3) is 6.92. The topological polar surface area (TPSA) is 86.8 Å². The van der Waals surface area contributed by atoms with E-state index in [1.165, 1.54) is 11.9 Å². The second-order valence-electron chi connectivity index (χ2n) is 10.0. The van der Waals surface area contributed by atoms with Gasteiger partial charge in [-0.1, -0.05) is 60.7 Å². The van der Waals surface area contributed by atoms with Crippen LogP contribution in [-0.2, 0) is 26.0 Å². The van der Waals surface area contributed by atoms with Gasteiger partial charge in [-0.25, -0.2) is 8.42 Å². The molecule has 8 heteroatoms. The lowest BCUT2D eigenvalue weighted by Crippen LogP contribution is -2.54. The number of amides is 2. The van der Waals surface area contributed by atoms with Gasteiger partial charge in [-0.2, -0.15) is 4.31 Å². The van der Waals surface area contributed by atoms with E-state index in [0.717, 1.165) is 20.6 Å². The normalized spacial score (nSPS) is 12.9. The van der Waals surface area contributed by atoms with Crippen molar-refractivity contribution >= 4 is 32.6 Å². The van der Waals surface area contributed by atoms with E-state index in [1.807, 2.05) is 75.4 Å². The van der Waals surface area contributed by atoms with Gasteiger partial charge in [0.05, 0.1) is 11.4 Å². The summed E-state index contributed by atoms with van der Waals surface area (Å²) in [6.07, 6.45) is 0.543. The number of nitrogens with one attached hydrogen (secondary N) is 1. The lowest BCUT2D eigenvalue weighted by atomic mass is 10.1. The van der Waals surface area contributed by atoms with Gasteiger partial charge in [0.25, 0.3) is 0 Å². The maximum absolute atomic E-state index is 13.4. The highest BCUT2D eigenvalue weighted by molar-refractivity contribution is 7.89. The minimum atomic E-state index is -3.92. The molecule has 0 fully saturated rings. The summed E-state index contributed by atoms with van der Waals surface area (Å²) in [5.41, 5.74) is 0.561. The van der Waals surface area contributed by atoms with Crippen molar-refractivity contribution in [3.8, 4) is 0 Å². The van der Waals surface area contributed by atoms with Crippen LogP contribution in [0, 0.1) is 0 Å². The maximum Gasteiger partial charge on any atom is 0.243 e. The molecule has 0 radical (unpaired) electrons. The number of sulfonamides is 1. The first kappa shape index (κ1) is 27.4. The molecule has 0 heterocycles. The van der Waals surface area contributed by atoms with Gasteiger partial charge in [0.1, 0.15) is 6.04 Å². The van der Waals surface area contributed by atoms with Crippen molar-refractivity contribution in [2.24, 2.45) is 0 Å². The van der Waals surface area contributed by atoms with E-state index in [1.54, 1.807) is 25.1 Å². The predicted molar refractivity (Wildman–Crippen MR) is 143 cm³/mol. The number of nitrogens with zero attached hydrogens (tertiary/aromatic N) is 2. The highest BCUT2D eigenvalue weighted by Gasteiger charge is 2.31. The maximum atomic E-state index is 13.4. The molecule has 3 aromatic rings. The summed E-state index contributed by atoms with van der Waals surface area (Å²) in [6.45, 7) is 7.19. The molecular formula is C28H35N3O4S. The smallest absolute Gasteiger partial charge is 0.243 e. The van der Waals surface area contributed by atoms with Gasteiger partial charge in [-0.15, -0.1) is 0 Å². The summed E-state index contributed by atoms with van der Waals surface area (Å²) in [5, 5.41) is 4.65. The first-order chi connectivity index (χ1) is 16.9. The van der Waals surface area contributed by atoms with Crippen molar-refractivity contribution in [3.63, 3.8) is 0 Å². The van der Waals surface area contributed by atoms with Crippen LogP contribution in [0.3, 0.4) is 0 Å². The van der Waals surface area contributed by atoms with E-state index in [-0.39, 0.29) is 23.9 Å². The molecule has 1 unspecified atom stereocenters. The van der Waals surface area contributed by atoms with Crippen LogP contribution in [0.5, 0.6) is 0 Å². The number of fused-ring (bicyclic) bond motifs is 1. The van der Waals surface area contributed by atoms with E-state index in [4.69, 9.17) is 0 Å². The number of rotatable bonds is 9. The van der Waals surface area contributed by atoms with Gasteiger partial charge in [-0.3, -0.25) is 9.59 Å². The van der Waals surface area contributed by atoms with Crippen molar-refractivity contribution < 1.29 is 18.0 Å². The number of benzene rings is 3. The second-order valence-corrected chi connectivity index (χ2v) is 12.1. The Kier molecular flexibility index (Phi) is 8.53. The molecule has 3 rings (SSSR count). The van der Waals surface area contributed by atoms with Crippen LogP contribution in [0.25, 0.3) is 10.8 Å². The van der Waals surface area contributed by atoms with E-state index in [0.29, 0.717) is 6.42 Å². The zero-order valence-electron chi connectivity index (χ0n) is 21.6. The Morgan fingerprint density at radius 1 is 0.917 bits per heavy atom. The van der Waals surface area contributed by atoms with Crippen LogP contribution in [0.15, 0.2) is 77.7 Å². The van der Waals surface area contributed by atoms with Crippen molar-refractivity contribution in [3.05, 3.63) is 78.4 Å². The summed E-state index contributed by atoms with van der Waals surface area (Å²) >= 11 is 0. The Labute approximate surface area is 214 Å². The Bertz CT molecular complexity index is 1320. The number of hydrogen-bond acceptors (Lipinski definition) is 4. The Balaban J connectivity index is 1.81. The van der Waals surface area contributed by atoms with Gasteiger partial charge in [-0.05, 0) is 62.6 Å². The Morgan fingerprint density at radius 3 is 2.17 bits per heavy atom. The van der Waals surface area contributed by atoms with E-state index >= 15 is 0 Å². The fourth-order valence-corrected chi connectivity index (χ4v) is 5.07. The van der Waals surface area contributed by atoms with Gasteiger partial charge in [0.15, 0.2) is 0 Å². The monoisotopic (exact) mass is 509 g/mol. The number of carbonyl (C=O) groups is 2. The highest BCUT2D eigenvalue weighted by atomic mass is 32.2. The largest absolute Gasteiger partial charge is 0.350 e. The molecule has 1 atom stereocenters. The molecule has 0 saturated carbocycles. The molecule has 0 aromatic heterocycles. The fourth-order valence-electron chi connectivity index (χ4n) is 3.92. The van der Waals surface area contributed by atoms with Gasteiger partial charge in [0, 0.05) is 19.1 Å². The average Bonchev–Trinajstić information content (AvgIpc) is 2.83. The second kappa shape index (κ2) is 11.2. The summed E-state index contributed by atoms with van der Waals surface area (Å²) in [5.74, 6) is -0.724. The molecule has 0 spiro atoms. The van der Waals surface area contributed by atoms with Gasteiger partial charge < -0.3 is 10.2 Å². The first-order valence-electron chi connectivity index (χ1n) is 12.0. The highest BCUT2D eigenvalue weighted by Crippen LogP contribution is 2.21. The molecule has 0 aliphatic carbocycles. The van der Waals surface area contributed by atoms with Crippen molar-refractivity contribution in [2.45, 2.75) is 50.6 Å². The lowest BCUT2D eigenvalue weighted by Gasteiger charge is -2.32. The van der Waals surface area contributed by atoms with E-state index in [2.05, 4.69) is 5.32 Å². The van der Waals surface area contributed by atoms with Gasteiger partial charge in [0.2, 0.25) is 21.8 Å². The van der Waals surface area contributed by atoms with Crippen LogP contribution in [-0.4, -0.2) is 61.2 Å². The molecule has 0 aliphatic rings. The zero-order chi connectivity index (χ0) is 26.5. The summed E-state index contributed by atoms with van der Waals surface area (Å²) in [7, 11) is -2.53. The lowest BCUT2D eigenvalue weighted by molar-refractivity contribution is -0.140. The average molecular weight is 510 g/mol. The minimum absolute atomic E-state index is 0.117. The summed E-state index contributed by atoms with van der Waals surface area (Å²) in [6, 6.07) is 21.3. The number of hydrogen-bond donors (Lipinski definition) is 1. The zero-order valence-corrected chi connectivity index (χ0v) is 22.4. The van der Waals surface area contributed by atoms with Crippen LogP contribution < -0.4 is 5.32 Å². The molecule has 0 saturated heterocycles. The fraction of sp³-hybridized carbons (Fsp3) is 0.357. The summed E-state index contributed by atoms with van der Waals surface area (Å²) < 4.78 is 27.6. The third-order valence-electron chi connectivity index (χ3n) is 5.94. The molecule has 3 aromatic carbocycles. The molecule has 1 N–H and O–H groups in total. The Morgan fingerprint density at radius 2 is 1.53 bits per heavy atom. The molecule has 0 aliphatic heterocycles. The summed E-state index contributed by atoms with van der Waals surface area (Å²) in [4.78, 5) is 27.9. The third-order valence-corrected chi connectivity index (χ3v) is 7.74. The van der Waals surface area contributed by atoms with Crippen LogP contribution >= 0.6 is 0 Å². The first-order valence-corrected chi connectivity index (χ1v) is 13.4. The van der Waals surface area contributed by atoms with Crippen molar-refractivity contribution in [1.29, 1.82) is 0 Å². The molecule has 192 valence electrons. The van der Waals surface area contributed by atoms with Crippen LogP contribution in [0.4, 0.5) is 0 Å². The van der Waals surface area contributed by atoms with Crippen molar-refractivity contribution in [1.82, 2.24) is 14.5 Å². The molecule has 0 bridgehead atoms. The molecular weight excluding hydrogens is 474 g/mol. The van der Waals surface area contributed by atoms with E-state index in [9.17, 15) is 18.0 Å². The molecule has 36 heavy (non-hydrogen) atoms. The van der Waals surface area contributed by atoms with Gasteiger partial charge >= 0.3 is 0 Å². The minimum Gasteiger partial charge on any atom is -0.350 e. The predicted octanol–water partition coefficient (Wildman–Crippen LogP) is 3.83. The van der Waals surface area contributed by atoms with E-state index < -0.39 is 27.5 Å². The van der Waals surface area contributed by atoms with Crippen molar-refractivity contribution in [2.75, 3.05) is 20.1 Å². The number of carbonyl (C=O) groups excluding carboxylic acids is 2. The van der Waals surface area contributed by atoms with Crippen LogP contribution in [0.2, 0.25) is 0 Å². The molecule has 2 amide bonds. The number of likely N-dealkylation sites (N-methyl/N-ethyl adjacent to an activating group) is 1. The van der Waals surface area contributed by atoms with Crippen LogP contribution in [0.1, 0.15) is 33.3 Å². The Hall–Kier alpha value is -3.23.